The van der Waals surface area contributed by atoms with Gasteiger partial charge in [-0.15, -0.1) is 0 Å². The molecular formula is C6H15AsO5S. The Kier molecular flexibility index (Phi) is 6.99. The van der Waals surface area contributed by atoms with Crippen molar-refractivity contribution >= 4 is 24.8 Å². The summed E-state index contributed by atoms with van der Waals surface area (Å²) in [4.78, 5) is 0. The van der Waals surface area contributed by atoms with Gasteiger partial charge in [-0.05, 0) is 0 Å². The molecule has 0 saturated heterocycles. The molecule has 0 fully saturated rings. The Morgan fingerprint density at radius 2 is 1.46 bits per heavy atom. The van der Waals surface area contributed by atoms with E-state index in [1.165, 1.54) is 0 Å². The zero-order valence-corrected chi connectivity index (χ0v) is 9.95. The van der Waals surface area contributed by atoms with Gasteiger partial charge in [0.25, 0.3) is 0 Å². The fourth-order valence-corrected chi connectivity index (χ4v) is 7.02. The minimum absolute atomic E-state index is 0.0332. The average Bonchev–Trinajstić information content (AvgIpc) is 2.00. The van der Waals surface area contributed by atoms with Gasteiger partial charge < -0.3 is 0 Å². The van der Waals surface area contributed by atoms with Crippen molar-refractivity contribution in [2.45, 2.75) is 15.6 Å². The summed E-state index contributed by atoms with van der Waals surface area (Å²) in [5.74, 6) is -0.243. The second-order valence-corrected chi connectivity index (χ2v) is 9.78. The number of hydrogen-bond acceptors (Lipinski definition) is 4. The van der Waals surface area contributed by atoms with Gasteiger partial charge in [0.15, 0.2) is 0 Å². The molecule has 0 aromatic carbocycles. The first-order valence-corrected chi connectivity index (χ1v) is 9.48. The van der Waals surface area contributed by atoms with Gasteiger partial charge in [-0.2, -0.15) is 0 Å². The van der Waals surface area contributed by atoms with Gasteiger partial charge in [0, 0.05) is 0 Å². The summed E-state index contributed by atoms with van der Waals surface area (Å²) in [7, 11) is -3.88. The maximum atomic E-state index is 10.4. The molecule has 0 heterocycles. The molecule has 5 nitrogen and oxygen atoms in total. The van der Waals surface area contributed by atoms with Crippen molar-refractivity contribution in [1.82, 2.24) is 0 Å². The van der Waals surface area contributed by atoms with Crippen molar-refractivity contribution in [1.29, 1.82) is 0 Å². The van der Waals surface area contributed by atoms with Crippen LogP contribution in [0.15, 0.2) is 0 Å². The molecule has 80 valence electrons. The first kappa shape index (κ1) is 13.4. The monoisotopic (exact) mass is 274 g/mol. The third-order valence-electron chi connectivity index (χ3n) is 1.50. The van der Waals surface area contributed by atoms with Gasteiger partial charge in [-0.25, -0.2) is 0 Å². The molecule has 0 aliphatic rings. The van der Waals surface area contributed by atoms with Gasteiger partial charge in [0.1, 0.15) is 0 Å². The minimum atomic E-state index is -3.88. The fraction of sp³-hybridized carbons (Fsp3) is 1.00. The van der Waals surface area contributed by atoms with Crippen LogP contribution in [0.2, 0.25) is 15.6 Å². The average molecular weight is 274 g/mol. The van der Waals surface area contributed by atoms with Crippen LogP contribution in [0.4, 0.5) is 0 Å². The summed E-state index contributed by atoms with van der Waals surface area (Å²) >= 11 is -1.44. The summed E-state index contributed by atoms with van der Waals surface area (Å²) in [6.07, 6.45) is 0. The molecule has 3 N–H and O–H groups in total. The predicted octanol–water partition coefficient (Wildman–Crippen LogP) is -0.646. The topological polar surface area (TPSA) is 94.8 Å². The number of aliphatic hydroxyl groups is 2. The van der Waals surface area contributed by atoms with Crippen molar-refractivity contribution < 1.29 is 23.2 Å². The Balaban J connectivity index is 3.81. The number of hydrogen-bond donors (Lipinski definition) is 3. The molecule has 0 aliphatic heterocycles. The first-order chi connectivity index (χ1) is 5.99. The third kappa shape index (κ3) is 8.71. The second-order valence-electron chi connectivity index (χ2n) is 2.57. The summed E-state index contributed by atoms with van der Waals surface area (Å²) in [6.45, 7) is 0.0664. The van der Waals surface area contributed by atoms with Crippen LogP contribution in [0.1, 0.15) is 0 Å². The van der Waals surface area contributed by atoms with Gasteiger partial charge >= 0.3 is 82.5 Å². The van der Waals surface area contributed by atoms with Crippen molar-refractivity contribution in [2.75, 3.05) is 19.0 Å². The molecule has 0 aromatic heterocycles. The molecule has 0 saturated carbocycles. The number of aliphatic hydroxyl groups excluding tert-OH is 2. The van der Waals surface area contributed by atoms with E-state index in [1.54, 1.807) is 0 Å². The molecule has 0 aliphatic carbocycles. The Bertz CT molecular complexity index is 209. The molecule has 0 rings (SSSR count). The molecule has 0 spiro atoms. The normalized spacial score (nSPS) is 12.3. The van der Waals surface area contributed by atoms with E-state index in [1.807, 2.05) is 0 Å². The van der Waals surface area contributed by atoms with Crippen LogP contribution < -0.4 is 0 Å². The van der Waals surface area contributed by atoms with Crippen LogP contribution in [-0.2, 0) is 10.1 Å². The van der Waals surface area contributed by atoms with E-state index in [0.717, 1.165) is 0 Å². The third-order valence-corrected chi connectivity index (χ3v) is 8.17. The van der Waals surface area contributed by atoms with E-state index < -0.39 is 24.8 Å². The summed E-state index contributed by atoms with van der Waals surface area (Å²) in [5.41, 5.74) is 0. The number of rotatable bonds is 7. The molecular weight excluding hydrogens is 259 g/mol. The quantitative estimate of drug-likeness (QED) is 0.424. The van der Waals surface area contributed by atoms with Crippen molar-refractivity contribution in [3.05, 3.63) is 0 Å². The first-order valence-electron chi connectivity index (χ1n) is 3.89. The van der Waals surface area contributed by atoms with Crippen LogP contribution in [0.5, 0.6) is 0 Å². The van der Waals surface area contributed by atoms with Crippen molar-refractivity contribution in [2.24, 2.45) is 0 Å². The van der Waals surface area contributed by atoms with Crippen LogP contribution in [0.25, 0.3) is 0 Å². The molecule has 0 bridgehead atoms. The Hall–Kier alpha value is 0.388. The van der Waals surface area contributed by atoms with E-state index in [9.17, 15) is 8.42 Å². The summed E-state index contributed by atoms with van der Waals surface area (Å²) < 4.78 is 29.3. The Labute approximate surface area is 82.8 Å². The van der Waals surface area contributed by atoms with Crippen LogP contribution in [-0.4, -0.2) is 56.8 Å². The molecule has 7 heteroatoms. The fourth-order valence-electron chi connectivity index (χ4n) is 0.863. The van der Waals surface area contributed by atoms with Gasteiger partial charge in [-0.1, -0.05) is 0 Å². The molecule has 0 atom stereocenters. The van der Waals surface area contributed by atoms with Gasteiger partial charge in [0.2, 0.25) is 0 Å². The van der Waals surface area contributed by atoms with E-state index in [2.05, 4.69) is 0 Å². The SMILES string of the molecule is O=S(=O)(O)CC[As](CCO)CCO. The maximum absolute atomic E-state index is 10.4. The van der Waals surface area contributed by atoms with Gasteiger partial charge in [0.05, 0.1) is 0 Å². The van der Waals surface area contributed by atoms with Crippen molar-refractivity contribution in [3.63, 3.8) is 0 Å². The second kappa shape index (κ2) is 6.79. The molecule has 0 aromatic rings. The van der Waals surface area contributed by atoms with Gasteiger partial charge in [-0.3, -0.25) is 0 Å². The zero-order valence-electron chi connectivity index (χ0n) is 7.26. The molecule has 0 amide bonds. The standard InChI is InChI=1S/C6H15AsO5S/c8-4-1-7(2-5-9)3-6-13(10,11)12/h8-9H,1-6H2,(H,10,11,12). The van der Waals surface area contributed by atoms with Crippen LogP contribution in [0, 0.1) is 0 Å². The van der Waals surface area contributed by atoms with E-state index >= 15 is 0 Å². The van der Waals surface area contributed by atoms with E-state index in [-0.39, 0.29) is 19.0 Å². The van der Waals surface area contributed by atoms with Crippen LogP contribution in [0.3, 0.4) is 0 Å². The van der Waals surface area contributed by atoms with E-state index in [4.69, 9.17) is 14.8 Å². The summed E-state index contributed by atoms with van der Waals surface area (Å²) in [6, 6.07) is 0. The predicted molar refractivity (Wildman–Crippen MR) is 50.8 cm³/mol. The Morgan fingerprint density at radius 1 is 1.00 bits per heavy atom. The summed E-state index contributed by atoms with van der Waals surface area (Å²) in [5, 5.41) is 18.9. The Morgan fingerprint density at radius 3 is 1.77 bits per heavy atom. The molecule has 0 radical (unpaired) electrons. The zero-order chi connectivity index (χ0) is 10.3. The van der Waals surface area contributed by atoms with Crippen molar-refractivity contribution in [3.8, 4) is 0 Å². The van der Waals surface area contributed by atoms with Crippen LogP contribution >= 0.6 is 0 Å². The molecule has 0 unspecified atom stereocenters. The van der Waals surface area contributed by atoms with E-state index in [0.29, 0.717) is 15.6 Å². The molecule has 13 heavy (non-hydrogen) atoms.